The lowest BCUT2D eigenvalue weighted by Crippen LogP contribution is -2.14. The van der Waals surface area contributed by atoms with Gasteiger partial charge >= 0.3 is 0 Å². The first kappa shape index (κ1) is 10.1. The molecule has 1 aliphatic rings. The van der Waals surface area contributed by atoms with Crippen molar-refractivity contribution < 1.29 is 9.90 Å². The van der Waals surface area contributed by atoms with Crippen LogP contribution in [0.2, 0.25) is 0 Å². The Bertz CT molecular complexity index is 601. The van der Waals surface area contributed by atoms with Crippen molar-refractivity contribution in [1.29, 1.82) is 0 Å². The third kappa shape index (κ3) is 1.38. The van der Waals surface area contributed by atoms with E-state index < -0.39 is 6.23 Å². The van der Waals surface area contributed by atoms with Gasteiger partial charge in [-0.2, -0.15) is 0 Å². The number of carbonyl (C=O) groups excluding carboxylic acids is 1. The van der Waals surface area contributed by atoms with Gasteiger partial charge in [0.15, 0.2) is 6.23 Å². The molecule has 86 valence electrons. The Morgan fingerprint density at radius 3 is 2.94 bits per heavy atom. The van der Waals surface area contributed by atoms with Gasteiger partial charge in [0.25, 0.3) is 5.91 Å². The fraction of sp³-hybridized carbons (Fsp3) is 0.154. The van der Waals surface area contributed by atoms with E-state index in [1.807, 2.05) is 19.1 Å². The van der Waals surface area contributed by atoms with E-state index in [4.69, 9.17) is 0 Å². The summed E-state index contributed by atoms with van der Waals surface area (Å²) in [5.41, 5.74) is 2.79. The molecule has 0 amide bonds. The first-order valence-corrected chi connectivity index (χ1v) is 5.44. The average Bonchev–Trinajstić information content (AvgIpc) is 2.76. The predicted octanol–water partition coefficient (Wildman–Crippen LogP) is 1.90. The summed E-state index contributed by atoms with van der Waals surface area (Å²) in [6.07, 6.45) is 0.802. The molecule has 1 aliphatic heterocycles. The number of benzene rings is 1. The Hall–Kier alpha value is -2.07. The number of fused-ring (bicyclic) bond motifs is 2. The Morgan fingerprint density at radius 2 is 2.12 bits per heavy atom. The summed E-state index contributed by atoms with van der Waals surface area (Å²) in [7, 11) is 0. The van der Waals surface area contributed by atoms with Gasteiger partial charge in [0.2, 0.25) is 0 Å². The van der Waals surface area contributed by atoms with E-state index >= 15 is 0 Å². The van der Waals surface area contributed by atoms with Crippen LogP contribution in [0.3, 0.4) is 0 Å². The monoisotopic (exact) mass is 228 g/mol. The van der Waals surface area contributed by atoms with E-state index in [1.165, 1.54) is 4.57 Å². The Kier molecular flexibility index (Phi) is 2.06. The molecule has 1 aromatic heterocycles. The highest BCUT2D eigenvalue weighted by molar-refractivity contribution is 6.02. The van der Waals surface area contributed by atoms with Gasteiger partial charge in [-0.05, 0) is 30.7 Å². The van der Waals surface area contributed by atoms with Gasteiger partial charge in [0, 0.05) is 6.20 Å². The Balaban J connectivity index is 2.27. The van der Waals surface area contributed by atoms with Crippen LogP contribution in [0.25, 0.3) is 0 Å². The van der Waals surface area contributed by atoms with Crippen LogP contribution in [0.1, 0.15) is 27.8 Å². The minimum absolute atomic E-state index is 0.118. The van der Waals surface area contributed by atoms with Gasteiger partial charge < -0.3 is 10.4 Å². The van der Waals surface area contributed by atoms with Crippen molar-refractivity contribution in [3.63, 3.8) is 0 Å². The summed E-state index contributed by atoms with van der Waals surface area (Å²) in [4.78, 5) is 12.3. The fourth-order valence-electron chi connectivity index (χ4n) is 2.18. The number of aryl methyl sites for hydroxylation is 1. The molecule has 0 saturated heterocycles. The normalized spacial score (nSPS) is 18.0. The smallest absolute Gasteiger partial charge is 0.264 e. The van der Waals surface area contributed by atoms with Gasteiger partial charge in [-0.15, -0.1) is 0 Å². The highest BCUT2D eigenvalue weighted by atomic mass is 16.3. The highest BCUT2D eigenvalue weighted by Gasteiger charge is 2.25. The molecule has 3 rings (SSSR count). The van der Waals surface area contributed by atoms with Crippen LogP contribution in [0.15, 0.2) is 36.5 Å². The van der Waals surface area contributed by atoms with E-state index in [0.29, 0.717) is 16.9 Å². The summed E-state index contributed by atoms with van der Waals surface area (Å²) in [6.45, 7) is 1.91. The van der Waals surface area contributed by atoms with Gasteiger partial charge in [-0.25, -0.2) is 0 Å². The minimum Gasteiger partial charge on any atom is -0.368 e. The van der Waals surface area contributed by atoms with Crippen molar-refractivity contribution in [2.24, 2.45) is 0 Å². The Labute approximate surface area is 98.5 Å². The number of aliphatic hydroxyl groups is 1. The molecule has 0 fully saturated rings. The number of aliphatic hydroxyl groups excluding tert-OH is 1. The first-order valence-electron chi connectivity index (χ1n) is 5.44. The van der Waals surface area contributed by atoms with E-state index in [9.17, 15) is 9.90 Å². The molecular weight excluding hydrogens is 216 g/mol. The molecule has 0 aliphatic carbocycles. The zero-order valence-corrected chi connectivity index (χ0v) is 9.34. The molecule has 0 bridgehead atoms. The number of para-hydroxylation sites is 1. The first-order chi connectivity index (χ1) is 8.18. The molecule has 1 aromatic carbocycles. The summed E-state index contributed by atoms with van der Waals surface area (Å²) in [5, 5.41) is 13.0. The zero-order valence-electron chi connectivity index (χ0n) is 9.34. The molecule has 0 radical (unpaired) electrons. The summed E-state index contributed by atoms with van der Waals surface area (Å²) in [5.74, 6) is -0.118. The number of anilines is 1. The molecule has 4 nitrogen and oxygen atoms in total. The highest BCUT2D eigenvalue weighted by Crippen LogP contribution is 2.29. The van der Waals surface area contributed by atoms with Crippen molar-refractivity contribution >= 4 is 11.6 Å². The number of aromatic nitrogens is 1. The zero-order chi connectivity index (χ0) is 12.0. The van der Waals surface area contributed by atoms with Crippen LogP contribution in [0, 0.1) is 6.92 Å². The number of hydrogen-bond acceptors (Lipinski definition) is 3. The van der Waals surface area contributed by atoms with Crippen LogP contribution in [-0.4, -0.2) is 15.6 Å². The second kappa shape index (κ2) is 3.46. The van der Waals surface area contributed by atoms with Gasteiger partial charge in [-0.3, -0.25) is 9.36 Å². The third-order valence-electron chi connectivity index (χ3n) is 3.06. The lowest BCUT2D eigenvalue weighted by Gasteiger charge is -2.13. The summed E-state index contributed by atoms with van der Waals surface area (Å²) >= 11 is 0. The van der Waals surface area contributed by atoms with Crippen LogP contribution >= 0.6 is 0 Å². The summed E-state index contributed by atoms with van der Waals surface area (Å²) in [6, 6.07) is 9.00. The molecule has 1 unspecified atom stereocenters. The van der Waals surface area contributed by atoms with E-state index in [2.05, 4.69) is 5.32 Å². The van der Waals surface area contributed by atoms with Crippen LogP contribution < -0.4 is 5.32 Å². The molecule has 1 atom stereocenters. The largest absolute Gasteiger partial charge is 0.368 e. The molecule has 4 heteroatoms. The average molecular weight is 228 g/mol. The van der Waals surface area contributed by atoms with E-state index in [-0.39, 0.29) is 5.91 Å². The van der Waals surface area contributed by atoms with E-state index in [1.54, 1.807) is 24.4 Å². The predicted molar refractivity (Wildman–Crippen MR) is 63.9 cm³/mol. The second-order valence-electron chi connectivity index (χ2n) is 4.15. The second-order valence-corrected chi connectivity index (χ2v) is 4.15. The molecule has 2 N–H and O–H groups in total. The lowest BCUT2D eigenvalue weighted by molar-refractivity contribution is 0.0950. The number of rotatable bonds is 0. The van der Waals surface area contributed by atoms with Crippen molar-refractivity contribution in [3.8, 4) is 0 Å². The van der Waals surface area contributed by atoms with Gasteiger partial charge in [-0.1, -0.05) is 12.1 Å². The molecule has 2 aromatic rings. The molecule has 0 spiro atoms. The fourth-order valence-corrected chi connectivity index (χ4v) is 2.18. The van der Waals surface area contributed by atoms with E-state index in [0.717, 1.165) is 5.56 Å². The maximum Gasteiger partial charge on any atom is 0.264 e. The van der Waals surface area contributed by atoms with Gasteiger partial charge in [0.05, 0.1) is 16.9 Å². The van der Waals surface area contributed by atoms with Crippen molar-refractivity contribution in [3.05, 3.63) is 53.3 Å². The van der Waals surface area contributed by atoms with Crippen LogP contribution in [-0.2, 0) is 0 Å². The van der Waals surface area contributed by atoms with Crippen LogP contribution in [0.5, 0.6) is 0 Å². The number of nitrogens with one attached hydrogen (secondary N) is 1. The maximum absolute atomic E-state index is 12.3. The molecular formula is C13H12N2O2. The number of hydrogen-bond donors (Lipinski definition) is 2. The standard InChI is InChI=1S/C13H12N2O2/c1-8-4-2-5-9-11(8)14-12(16)10-6-3-7-15(10)13(9)17/h2-7,12,14,16H,1H3. The van der Waals surface area contributed by atoms with Crippen molar-refractivity contribution in [1.82, 2.24) is 4.57 Å². The third-order valence-corrected chi connectivity index (χ3v) is 3.06. The van der Waals surface area contributed by atoms with Gasteiger partial charge in [0.1, 0.15) is 0 Å². The molecule has 0 saturated carbocycles. The minimum atomic E-state index is -0.865. The topological polar surface area (TPSA) is 54.3 Å². The summed E-state index contributed by atoms with van der Waals surface area (Å²) < 4.78 is 1.48. The van der Waals surface area contributed by atoms with Crippen molar-refractivity contribution in [2.45, 2.75) is 13.2 Å². The lowest BCUT2D eigenvalue weighted by atomic mass is 10.1. The van der Waals surface area contributed by atoms with Crippen LogP contribution in [0.4, 0.5) is 5.69 Å². The SMILES string of the molecule is Cc1cccc2c1NC(O)c1cccn1C2=O. The number of nitrogens with zero attached hydrogens (tertiary/aromatic N) is 1. The maximum atomic E-state index is 12.3. The quantitative estimate of drug-likeness (QED) is 0.724. The molecule has 17 heavy (non-hydrogen) atoms. The van der Waals surface area contributed by atoms with Crippen molar-refractivity contribution in [2.75, 3.05) is 5.32 Å². The Morgan fingerprint density at radius 1 is 1.29 bits per heavy atom. The molecule has 2 heterocycles. The number of carbonyl (C=O) groups is 1.